The van der Waals surface area contributed by atoms with Crippen LogP contribution >= 0.6 is 23.2 Å². The lowest BCUT2D eigenvalue weighted by atomic mass is 9.99. The zero-order chi connectivity index (χ0) is 45.3. The van der Waals surface area contributed by atoms with E-state index >= 15 is 0 Å². The Kier molecular flexibility index (Phi) is 14.7. The van der Waals surface area contributed by atoms with E-state index in [0.29, 0.717) is 57.4 Å². The van der Waals surface area contributed by atoms with Crippen LogP contribution in [-0.2, 0) is 40.1 Å². The van der Waals surface area contributed by atoms with Crippen LogP contribution in [0.5, 0.6) is 11.5 Å². The molecule has 3 aliphatic rings. The van der Waals surface area contributed by atoms with Gasteiger partial charge in [-0.2, -0.15) is 9.59 Å². The summed E-state index contributed by atoms with van der Waals surface area (Å²) >= 11 is 12.1. The van der Waals surface area contributed by atoms with Crippen molar-refractivity contribution >= 4 is 46.8 Å². The molecule has 0 radical (unpaired) electrons. The van der Waals surface area contributed by atoms with Crippen molar-refractivity contribution < 1.29 is 38.4 Å². The number of halogens is 2. The van der Waals surface area contributed by atoms with Crippen LogP contribution in [-0.4, -0.2) is 128 Å². The second-order valence-electron chi connectivity index (χ2n) is 15.2. The first-order valence-electron chi connectivity index (χ1n) is 20.9. The van der Waals surface area contributed by atoms with E-state index < -0.39 is 36.5 Å². The van der Waals surface area contributed by atoms with Crippen molar-refractivity contribution in [3.05, 3.63) is 130 Å². The molecule has 2 amide bonds. The Labute approximate surface area is 384 Å². The number of aliphatic hydroxyl groups is 1. The normalized spacial score (nSPS) is 19.7. The maximum atomic E-state index is 13.0. The number of morpholine rings is 1. The molecule has 1 N–H and O–H groups in total. The van der Waals surface area contributed by atoms with Gasteiger partial charge in [0.25, 0.3) is 0 Å². The van der Waals surface area contributed by atoms with Gasteiger partial charge in [-0.1, -0.05) is 47.5 Å². The quantitative estimate of drug-likeness (QED) is 0.133. The number of aliphatic hydroxyl groups excluding tert-OH is 1. The van der Waals surface area contributed by atoms with Gasteiger partial charge in [0.1, 0.15) is 48.9 Å². The summed E-state index contributed by atoms with van der Waals surface area (Å²) in [5.74, 6) is 2.45. The largest absolute Gasteiger partial charge is 0.497 e. The molecule has 65 heavy (non-hydrogen) atoms. The Balaban J connectivity index is 0.000000179. The third kappa shape index (κ3) is 10.9. The van der Waals surface area contributed by atoms with Gasteiger partial charge in [0, 0.05) is 53.9 Å². The minimum absolute atomic E-state index is 0.0686. The van der Waals surface area contributed by atoms with Crippen LogP contribution in [0.15, 0.2) is 97.1 Å². The molecule has 0 saturated carbocycles. The Morgan fingerprint density at radius 3 is 1.57 bits per heavy atom. The highest BCUT2D eigenvalue weighted by Crippen LogP contribution is 2.41. The molecule has 19 nitrogen and oxygen atoms in total. The number of benzene rings is 4. The van der Waals surface area contributed by atoms with Gasteiger partial charge >= 0.3 is 12.2 Å². The molecule has 0 aliphatic carbocycles. The molecule has 0 unspecified atom stereocenters. The topological polar surface area (TPSA) is 197 Å². The van der Waals surface area contributed by atoms with Gasteiger partial charge in [0.2, 0.25) is 0 Å². The number of ether oxygens (including phenoxy) is 5. The highest BCUT2D eigenvalue weighted by atomic mass is 35.5. The van der Waals surface area contributed by atoms with Crippen molar-refractivity contribution in [1.29, 1.82) is 0 Å². The van der Waals surface area contributed by atoms with E-state index in [4.69, 9.17) is 52.0 Å². The van der Waals surface area contributed by atoms with Gasteiger partial charge in [-0.05, 0) is 94.4 Å². The molecule has 9 rings (SSSR count). The highest BCUT2D eigenvalue weighted by Gasteiger charge is 2.46. The Bertz CT molecular complexity index is 2520. The molecule has 340 valence electrons. The molecule has 3 fully saturated rings. The number of rotatable bonds is 15. The Hall–Kier alpha value is -6.38. The number of anilines is 2. The maximum absolute atomic E-state index is 13.0. The highest BCUT2D eigenvalue weighted by molar-refractivity contribution is 6.31. The van der Waals surface area contributed by atoms with Gasteiger partial charge in [0.15, 0.2) is 11.6 Å². The molecule has 4 atom stereocenters. The number of aromatic nitrogens is 8. The minimum atomic E-state index is -0.573. The molecule has 21 heteroatoms. The van der Waals surface area contributed by atoms with E-state index in [1.54, 1.807) is 72.6 Å². The molecular weight excluding hydrogens is 881 g/mol. The first-order valence-corrected chi connectivity index (χ1v) is 21.7. The number of carbonyl (C=O) groups excluding carboxylic acids is 2. The Morgan fingerprint density at radius 1 is 0.662 bits per heavy atom. The number of tetrazole rings is 2. The minimum Gasteiger partial charge on any atom is -0.497 e. The number of methoxy groups -OCH3 is 2. The van der Waals surface area contributed by atoms with Crippen molar-refractivity contribution in [2.75, 3.05) is 63.5 Å². The molecular formula is C44H47Cl2N11O8. The van der Waals surface area contributed by atoms with Crippen LogP contribution in [0.2, 0.25) is 10.0 Å². The van der Waals surface area contributed by atoms with Gasteiger partial charge < -0.3 is 28.8 Å². The molecule has 4 aromatic carbocycles. The Morgan fingerprint density at radius 2 is 1.12 bits per heavy atom. The van der Waals surface area contributed by atoms with Crippen LogP contribution < -0.4 is 19.3 Å². The third-order valence-corrected chi connectivity index (χ3v) is 11.5. The second kappa shape index (κ2) is 21.1. The number of hydrogen-bond acceptors (Lipinski definition) is 15. The lowest BCUT2D eigenvalue weighted by Crippen LogP contribution is -2.37. The van der Waals surface area contributed by atoms with Gasteiger partial charge in [-0.25, -0.2) is 9.59 Å². The van der Waals surface area contributed by atoms with Gasteiger partial charge in [0.05, 0.1) is 34.0 Å². The van der Waals surface area contributed by atoms with Crippen molar-refractivity contribution in [2.24, 2.45) is 0 Å². The third-order valence-electron chi connectivity index (χ3n) is 11.0. The van der Waals surface area contributed by atoms with Crippen molar-refractivity contribution in [3.8, 4) is 11.5 Å². The predicted molar refractivity (Wildman–Crippen MR) is 237 cm³/mol. The van der Waals surface area contributed by atoms with E-state index in [-0.39, 0.29) is 19.7 Å². The van der Waals surface area contributed by atoms with Crippen molar-refractivity contribution in [3.63, 3.8) is 0 Å². The number of carbonyl (C=O) groups is 2. The molecule has 3 aliphatic heterocycles. The van der Waals surface area contributed by atoms with Crippen LogP contribution in [0.25, 0.3) is 0 Å². The molecule has 2 aromatic heterocycles. The number of cyclic esters (lactones) is 2. The first kappa shape index (κ1) is 45.2. The molecule has 6 aromatic rings. The summed E-state index contributed by atoms with van der Waals surface area (Å²) in [5, 5.41) is 35.3. The van der Waals surface area contributed by atoms with Crippen LogP contribution in [0.1, 0.15) is 34.9 Å². The van der Waals surface area contributed by atoms with Gasteiger partial charge in [-0.3, -0.25) is 14.7 Å². The van der Waals surface area contributed by atoms with Crippen LogP contribution in [0.4, 0.5) is 21.0 Å². The fraction of sp³-hybridized carbons (Fsp3) is 0.364. The monoisotopic (exact) mass is 927 g/mol. The lowest BCUT2D eigenvalue weighted by molar-refractivity contribution is 0.0382. The SMILES string of the molecule is COc1cccc([C@H]2[C@H](Cn3nnc(CCN4CCOCC4)n3)OC(=O)N2c2ccc(Cl)cc2)c1.COc1cccc([C@H]2[C@H](Cn3nnc(CCO)n3)OC(=O)N2c2ccc(Cl)cc2)c1. The summed E-state index contributed by atoms with van der Waals surface area (Å²) in [6.07, 6.45) is -1.03. The van der Waals surface area contributed by atoms with E-state index in [1.165, 1.54) is 9.59 Å². The first-order chi connectivity index (χ1) is 31.7. The average molecular weight is 929 g/mol. The van der Waals surface area contributed by atoms with Crippen molar-refractivity contribution in [2.45, 2.75) is 50.2 Å². The van der Waals surface area contributed by atoms with E-state index in [0.717, 1.165) is 44.0 Å². The maximum Gasteiger partial charge on any atom is 0.415 e. The standard InChI is InChI=1S/C24H27ClN6O4.C20H20ClN5O4/c1-33-20-4-2-3-17(15-20)23-21(35-24(32)31(23)19-7-5-18(25)6-8-19)16-30-27-22(26-28-30)9-10-29-11-13-34-14-12-29;1-29-16-4-2-3-13(11-16)19-17(12-25-23-18(9-10-27)22-24-25)30-20(28)26(19)15-7-5-14(21)6-8-15/h2-8,15,21,23H,9-14,16H2,1H3;2-8,11,17,19,27H,9-10,12H2,1H3/t21-,23-;17-,19-/m00/s1. The lowest BCUT2D eigenvalue weighted by Gasteiger charge is -2.25. The number of amides is 2. The molecule has 3 saturated heterocycles. The fourth-order valence-electron chi connectivity index (χ4n) is 7.86. The summed E-state index contributed by atoms with van der Waals surface area (Å²) in [4.78, 5) is 34.3. The summed E-state index contributed by atoms with van der Waals surface area (Å²) in [6.45, 7) is 4.58. The second-order valence-corrected chi connectivity index (χ2v) is 16.1. The van der Waals surface area contributed by atoms with E-state index in [2.05, 4.69) is 35.7 Å². The summed E-state index contributed by atoms with van der Waals surface area (Å²) < 4.78 is 27.7. The van der Waals surface area contributed by atoms with Crippen LogP contribution in [0, 0.1) is 0 Å². The van der Waals surface area contributed by atoms with Crippen molar-refractivity contribution in [1.82, 2.24) is 45.3 Å². The van der Waals surface area contributed by atoms with Gasteiger partial charge in [-0.15, -0.1) is 20.4 Å². The summed E-state index contributed by atoms with van der Waals surface area (Å²) in [5.41, 5.74) is 3.07. The zero-order valence-corrected chi connectivity index (χ0v) is 37.1. The number of hydrogen-bond donors (Lipinski definition) is 1. The molecule has 0 spiro atoms. The van der Waals surface area contributed by atoms with E-state index in [9.17, 15) is 9.59 Å². The molecule has 0 bridgehead atoms. The number of nitrogens with zero attached hydrogens (tertiary/aromatic N) is 11. The smallest absolute Gasteiger partial charge is 0.415 e. The van der Waals surface area contributed by atoms with Crippen LogP contribution in [0.3, 0.4) is 0 Å². The average Bonchev–Trinajstić information content (AvgIpc) is 4.13. The summed E-state index contributed by atoms with van der Waals surface area (Å²) in [6, 6.07) is 28.3. The molecule has 5 heterocycles. The summed E-state index contributed by atoms with van der Waals surface area (Å²) in [7, 11) is 3.20. The zero-order valence-electron chi connectivity index (χ0n) is 35.6. The fourth-order valence-corrected chi connectivity index (χ4v) is 8.11. The predicted octanol–water partition coefficient (Wildman–Crippen LogP) is 5.61. The van der Waals surface area contributed by atoms with E-state index in [1.807, 2.05) is 48.5 Å².